The second-order valence-corrected chi connectivity index (χ2v) is 12.5. The molecule has 1 aliphatic carbocycles. The topological polar surface area (TPSA) is 96.7 Å². The fourth-order valence-corrected chi connectivity index (χ4v) is 6.78. The molecule has 208 valence electrons. The van der Waals surface area contributed by atoms with Crippen LogP contribution in [-0.4, -0.2) is 58.6 Å². The van der Waals surface area contributed by atoms with E-state index in [9.17, 15) is 17.2 Å². The van der Waals surface area contributed by atoms with E-state index in [1.165, 1.54) is 43.4 Å². The molecule has 2 fully saturated rings. The largest absolute Gasteiger partial charge is 0.495 e. The van der Waals surface area contributed by atoms with Gasteiger partial charge in [0.2, 0.25) is 16.4 Å². The summed E-state index contributed by atoms with van der Waals surface area (Å²) in [6.45, 7) is 2.40. The molecule has 2 heterocycles. The van der Waals surface area contributed by atoms with Crippen LogP contribution in [0.2, 0.25) is 0 Å². The zero-order valence-corrected chi connectivity index (χ0v) is 23.3. The number of hydrogen-bond acceptors (Lipinski definition) is 7. The summed E-state index contributed by atoms with van der Waals surface area (Å²) in [4.78, 5) is 3.15. The number of fused-ring (bicyclic) bond motifs is 1. The van der Waals surface area contributed by atoms with Gasteiger partial charge in [0.25, 0.3) is 0 Å². The molecule has 1 aromatic heterocycles. The summed E-state index contributed by atoms with van der Waals surface area (Å²) < 4.78 is 56.6. The van der Waals surface area contributed by atoms with Crippen molar-refractivity contribution in [3.63, 3.8) is 0 Å². The minimum Gasteiger partial charge on any atom is -0.495 e. The molecule has 1 aliphatic heterocycles. The number of halogens is 2. The van der Waals surface area contributed by atoms with Crippen molar-refractivity contribution < 1.29 is 21.9 Å². The highest BCUT2D eigenvalue weighted by Gasteiger charge is 2.32. The maximum atomic E-state index is 13.6. The van der Waals surface area contributed by atoms with Crippen LogP contribution < -0.4 is 20.5 Å². The first kappa shape index (κ1) is 27.6. The molecule has 2 aromatic carbocycles. The molecule has 2 aliphatic rings. The third-order valence-electron chi connectivity index (χ3n) is 7.20. The van der Waals surface area contributed by atoms with E-state index in [0.717, 1.165) is 47.7 Å². The summed E-state index contributed by atoms with van der Waals surface area (Å²) in [5.74, 6) is 6.42. The van der Waals surface area contributed by atoms with Gasteiger partial charge in [0, 0.05) is 37.7 Å². The molecule has 4 N–H and O–H groups in total. The van der Waals surface area contributed by atoms with Crippen LogP contribution >= 0.6 is 11.3 Å². The molecule has 1 saturated heterocycles. The standard InChI is InChI=1S/C28H32F2N4O3S2/c1-37-25-16-20(39(31,35)36)9-10-23(25)32-13-3-6-26-22(17-27(29)30)21-4-2-5-24(28(21)38-26)33-18-11-14-34(15-12-18)19-7-8-19/h2,4-5,9-10,16,18-19,27,32-33H,7-8,11-15,17H2,1H3,(H2,31,35,36). The fraction of sp³-hybridized carbons (Fsp3) is 0.429. The number of piperidine rings is 1. The predicted octanol–water partition coefficient (Wildman–Crippen LogP) is 4.87. The molecule has 0 amide bonds. The number of thiophene rings is 1. The number of anilines is 2. The highest BCUT2D eigenvalue weighted by molar-refractivity contribution is 7.89. The Labute approximate surface area is 231 Å². The number of alkyl halides is 2. The Kier molecular flexibility index (Phi) is 8.28. The van der Waals surface area contributed by atoms with Crippen LogP contribution in [0.4, 0.5) is 20.2 Å². The van der Waals surface area contributed by atoms with Gasteiger partial charge in [-0.3, -0.25) is 0 Å². The minimum atomic E-state index is -3.86. The molecule has 0 atom stereocenters. The van der Waals surface area contributed by atoms with Gasteiger partial charge >= 0.3 is 0 Å². The molecule has 0 unspecified atom stereocenters. The quantitative estimate of drug-likeness (QED) is 0.316. The van der Waals surface area contributed by atoms with Gasteiger partial charge in [0.1, 0.15) is 5.75 Å². The van der Waals surface area contributed by atoms with Crippen molar-refractivity contribution in [2.75, 3.05) is 37.4 Å². The predicted molar refractivity (Wildman–Crippen MR) is 153 cm³/mol. The van der Waals surface area contributed by atoms with Gasteiger partial charge in [-0.15, -0.1) is 11.3 Å². The van der Waals surface area contributed by atoms with Gasteiger partial charge in [0.15, 0.2) is 0 Å². The molecule has 5 rings (SSSR count). The van der Waals surface area contributed by atoms with Crippen molar-refractivity contribution in [2.45, 2.75) is 55.5 Å². The maximum absolute atomic E-state index is 13.6. The summed E-state index contributed by atoms with van der Waals surface area (Å²) >= 11 is 1.44. The lowest BCUT2D eigenvalue weighted by Gasteiger charge is -2.33. The number of benzene rings is 2. The average Bonchev–Trinajstić information content (AvgIpc) is 3.70. The summed E-state index contributed by atoms with van der Waals surface area (Å²) in [7, 11) is -2.43. The van der Waals surface area contributed by atoms with Crippen LogP contribution in [0.25, 0.3) is 10.1 Å². The van der Waals surface area contributed by atoms with Crippen LogP contribution in [0.3, 0.4) is 0 Å². The zero-order chi connectivity index (χ0) is 27.6. The average molecular weight is 575 g/mol. The Morgan fingerprint density at radius 2 is 1.92 bits per heavy atom. The lowest BCUT2D eigenvalue weighted by atomic mass is 10.0. The van der Waals surface area contributed by atoms with Crippen LogP contribution in [0, 0.1) is 11.8 Å². The van der Waals surface area contributed by atoms with Gasteiger partial charge in [-0.1, -0.05) is 24.0 Å². The Morgan fingerprint density at radius 1 is 1.15 bits per heavy atom. The Hall–Kier alpha value is -2.91. The van der Waals surface area contributed by atoms with Crippen molar-refractivity contribution in [2.24, 2.45) is 5.14 Å². The molecule has 0 spiro atoms. The molecule has 1 saturated carbocycles. The minimum absolute atomic E-state index is 0.0595. The van der Waals surface area contributed by atoms with Crippen LogP contribution in [-0.2, 0) is 16.4 Å². The van der Waals surface area contributed by atoms with E-state index in [1.54, 1.807) is 6.07 Å². The number of nitrogens with zero attached hydrogens (tertiary/aromatic N) is 1. The fourth-order valence-electron chi connectivity index (χ4n) is 5.07. The number of nitrogens with two attached hydrogens (primary N) is 1. The van der Waals surface area contributed by atoms with Crippen molar-refractivity contribution in [1.82, 2.24) is 4.90 Å². The summed E-state index contributed by atoms with van der Waals surface area (Å²) in [5, 5.41) is 12.8. The number of ether oxygens (including phenoxy) is 1. The molecule has 0 bridgehead atoms. The lowest BCUT2D eigenvalue weighted by Crippen LogP contribution is -2.40. The number of hydrogen-bond donors (Lipinski definition) is 3. The summed E-state index contributed by atoms with van der Waals surface area (Å²) in [6.07, 6.45) is 1.94. The van der Waals surface area contributed by atoms with E-state index in [1.807, 2.05) is 18.2 Å². The number of methoxy groups -OCH3 is 1. The SMILES string of the molecule is COc1cc(S(N)(=O)=O)ccc1NCC#Cc1sc2c(NC3CCN(C4CC4)CC3)cccc2c1CC(F)F. The van der Waals surface area contributed by atoms with Crippen molar-refractivity contribution in [3.05, 3.63) is 46.8 Å². The number of sulfonamides is 1. The number of rotatable bonds is 9. The Bertz CT molecular complexity index is 1500. The van der Waals surface area contributed by atoms with E-state index in [2.05, 4.69) is 27.4 Å². The summed E-state index contributed by atoms with van der Waals surface area (Å²) in [6, 6.07) is 11.2. The molecular weight excluding hydrogens is 542 g/mol. The summed E-state index contributed by atoms with van der Waals surface area (Å²) in [5.41, 5.74) is 2.09. The highest BCUT2D eigenvalue weighted by Crippen LogP contribution is 2.38. The van der Waals surface area contributed by atoms with Gasteiger partial charge < -0.3 is 20.3 Å². The van der Waals surface area contributed by atoms with E-state index < -0.39 is 16.4 Å². The smallest absolute Gasteiger partial charge is 0.242 e. The van der Waals surface area contributed by atoms with E-state index in [-0.39, 0.29) is 17.9 Å². The van der Waals surface area contributed by atoms with Crippen molar-refractivity contribution in [1.29, 1.82) is 0 Å². The van der Waals surface area contributed by atoms with Crippen LogP contribution in [0.5, 0.6) is 5.75 Å². The van der Waals surface area contributed by atoms with Gasteiger partial charge in [-0.05, 0) is 54.8 Å². The number of likely N-dealkylation sites (tertiary alicyclic amines) is 1. The first-order valence-corrected chi connectivity index (χ1v) is 15.4. The third-order valence-corrected chi connectivity index (χ3v) is 9.31. The van der Waals surface area contributed by atoms with Crippen LogP contribution in [0.1, 0.15) is 36.1 Å². The second kappa shape index (κ2) is 11.7. The normalized spacial score (nSPS) is 16.7. The molecule has 11 heteroatoms. The number of primary sulfonamides is 1. The van der Waals surface area contributed by atoms with Crippen molar-refractivity contribution in [3.8, 4) is 17.6 Å². The van der Waals surface area contributed by atoms with Gasteiger partial charge in [-0.25, -0.2) is 22.3 Å². The Balaban J connectivity index is 1.33. The van der Waals surface area contributed by atoms with Gasteiger partial charge in [0.05, 0.1) is 39.5 Å². The molecule has 39 heavy (non-hydrogen) atoms. The molecular formula is C28H32F2N4O3S2. The zero-order valence-electron chi connectivity index (χ0n) is 21.7. The molecule has 0 radical (unpaired) electrons. The first-order chi connectivity index (χ1) is 18.7. The first-order valence-electron chi connectivity index (χ1n) is 13.0. The third kappa shape index (κ3) is 6.64. The lowest BCUT2D eigenvalue weighted by molar-refractivity contribution is 0.149. The molecule has 3 aromatic rings. The maximum Gasteiger partial charge on any atom is 0.242 e. The number of nitrogens with one attached hydrogen (secondary N) is 2. The van der Waals surface area contributed by atoms with E-state index in [0.29, 0.717) is 27.9 Å². The van der Waals surface area contributed by atoms with Crippen LogP contribution in [0.15, 0.2) is 41.3 Å². The monoisotopic (exact) mass is 574 g/mol. The van der Waals surface area contributed by atoms with E-state index in [4.69, 9.17) is 9.88 Å². The van der Waals surface area contributed by atoms with E-state index >= 15 is 0 Å². The highest BCUT2D eigenvalue weighted by atomic mass is 32.2. The molecule has 7 nitrogen and oxygen atoms in total. The van der Waals surface area contributed by atoms with Crippen molar-refractivity contribution >= 4 is 42.8 Å². The van der Waals surface area contributed by atoms with Gasteiger partial charge in [-0.2, -0.15) is 0 Å². The second-order valence-electron chi connectivity index (χ2n) is 9.94. The Morgan fingerprint density at radius 3 is 2.59 bits per heavy atom.